The first kappa shape index (κ1) is 17.4. The van der Waals surface area contributed by atoms with Crippen LogP contribution in [0.5, 0.6) is 0 Å². The zero-order valence-corrected chi connectivity index (χ0v) is 12.6. The summed E-state index contributed by atoms with van der Waals surface area (Å²) in [5, 5.41) is 14.8. The number of carboxylic acid groups (broad SMARTS) is 1. The molecule has 0 heterocycles. The topological polar surface area (TPSA) is 87.7 Å². The zero-order valence-electron chi connectivity index (χ0n) is 11.8. The Labute approximate surface area is 128 Å². The number of anilines is 1. The molecule has 0 aliphatic carbocycles. The molecule has 6 nitrogen and oxygen atoms in total. The van der Waals surface area contributed by atoms with Crippen molar-refractivity contribution in [1.29, 1.82) is 0 Å². The third kappa shape index (κ3) is 6.57. The molecule has 0 aromatic heterocycles. The van der Waals surface area contributed by atoms with E-state index in [2.05, 4.69) is 10.6 Å². The quantitative estimate of drug-likeness (QED) is 0.607. The van der Waals surface area contributed by atoms with Gasteiger partial charge in [-0.25, -0.2) is 4.79 Å². The van der Waals surface area contributed by atoms with Crippen LogP contribution in [0.2, 0.25) is 5.02 Å². The molecule has 3 N–H and O–H groups in total. The van der Waals surface area contributed by atoms with E-state index in [4.69, 9.17) is 21.4 Å². The lowest BCUT2D eigenvalue weighted by Crippen LogP contribution is -2.29. The molecule has 0 atom stereocenters. The van der Waals surface area contributed by atoms with Gasteiger partial charge in [-0.2, -0.15) is 0 Å². The first-order valence-corrected chi connectivity index (χ1v) is 6.94. The van der Waals surface area contributed by atoms with Crippen molar-refractivity contribution in [2.75, 3.05) is 32.1 Å². The van der Waals surface area contributed by atoms with Crippen LogP contribution in [0.4, 0.5) is 5.69 Å². The lowest BCUT2D eigenvalue weighted by molar-refractivity contribution is -0.115. The number of ether oxygens (including phenoxy) is 1. The number of halogens is 1. The molecule has 1 rings (SSSR count). The van der Waals surface area contributed by atoms with Gasteiger partial charge in [0.2, 0.25) is 5.91 Å². The molecule has 1 aromatic carbocycles. The minimum atomic E-state index is -1.07. The Morgan fingerprint density at radius 2 is 2.10 bits per heavy atom. The summed E-state index contributed by atoms with van der Waals surface area (Å²) in [6.45, 7) is 1.55. The Bertz CT molecular complexity index is 494. The fourth-order valence-electron chi connectivity index (χ4n) is 1.65. The van der Waals surface area contributed by atoms with E-state index in [1.54, 1.807) is 7.11 Å². The number of hydrogen-bond acceptors (Lipinski definition) is 4. The van der Waals surface area contributed by atoms with Gasteiger partial charge < -0.3 is 20.5 Å². The molecule has 0 bridgehead atoms. The zero-order chi connectivity index (χ0) is 15.7. The van der Waals surface area contributed by atoms with Gasteiger partial charge in [0, 0.05) is 13.7 Å². The van der Waals surface area contributed by atoms with Crippen molar-refractivity contribution in [1.82, 2.24) is 5.32 Å². The van der Waals surface area contributed by atoms with Gasteiger partial charge in [0.1, 0.15) is 0 Å². The van der Waals surface area contributed by atoms with E-state index >= 15 is 0 Å². The Morgan fingerprint density at radius 1 is 1.33 bits per heavy atom. The van der Waals surface area contributed by atoms with Gasteiger partial charge in [-0.15, -0.1) is 0 Å². The van der Waals surface area contributed by atoms with Gasteiger partial charge in [-0.3, -0.25) is 4.79 Å². The van der Waals surface area contributed by atoms with E-state index in [0.717, 1.165) is 12.8 Å². The molecule has 0 unspecified atom stereocenters. The number of carboxylic acids is 1. The predicted molar refractivity (Wildman–Crippen MR) is 81.0 cm³/mol. The number of rotatable bonds is 9. The lowest BCUT2D eigenvalue weighted by atomic mass is 10.2. The first-order chi connectivity index (χ1) is 10.0. The fraction of sp³-hybridized carbons (Fsp3) is 0.429. The minimum absolute atomic E-state index is 0.0715. The summed E-state index contributed by atoms with van der Waals surface area (Å²) < 4.78 is 4.92. The van der Waals surface area contributed by atoms with Crippen LogP contribution in [-0.4, -0.2) is 43.8 Å². The number of hydrogen-bond donors (Lipinski definition) is 3. The van der Waals surface area contributed by atoms with Gasteiger partial charge in [0.15, 0.2) is 0 Å². The number of benzene rings is 1. The van der Waals surface area contributed by atoms with Crippen molar-refractivity contribution in [2.45, 2.75) is 12.8 Å². The summed E-state index contributed by atoms with van der Waals surface area (Å²) in [7, 11) is 1.65. The average molecular weight is 315 g/mol. The average Bonchev–Trinajstić information content (AvgIpc) is 2.44. The van der Waals surface area contributed by atoms with Crippen molar-refractivity contribution >= 4 is 29.2 Å². The number of nitrogens with one attached hydrogen (secondary N) is 2. The fourth-order valence-corrected chi connectivity index (χ4v) is 1.81. The van der Waals surface area contributed by atoms with Crippen LogP contribution in [0, 0.1) is 0 Å². The molecule has 0 aliphatic heterocycles. The second-order valence-electron chi connectivity index (χ2n) is 4.42. The minimum Gasteiger partial charge on any atom is -0.478 e. The molecule has 21 heavy (non-hydrogen) atoms. The highest BCUT2D eigenvalue weighted by Gasteiger charge is 2.09. The Morgan fingerprint density at radius 3 is 2.76 bits per heavy atom. The summed E-state index contributed by atoms with van der Waals surface area (Å²) in [5.74, 6) is -1.34. The van der Waals surface area contributed by atoms with E-state index in [1.807, 2.05) is 0 Å². The maximum absolute atomic E-state index is 11.7. The first-order valence-electron chi connectivity index (χ1n) is 6.57. The van der Waals surface area contributed by atoms with Gasteiger partial charge in [-0.05, 0) is 37.6 Å². The molecule has 0 spiro atoms. The van der Waals surface area contributed by atoms with E-state index in [9.17, 15) is 9.59 Å². The molecule has 1 amide bonds. The summed E-state index contributed by atoms with van der Waals surface area (Å²) in [5.41, 5.74) is 0.366. The molecule has 1 aromatic rings. The summed E-state index contributed by atoms with van der Waals surface area (Å²) in [6.07, 6.45) is 1.84. The summed E-state index contributed by atoms with van der Waals surface area (Å²) in [4.78, 5) is 22.6. The third-order valence-corrected chi connectivity index (χ3v) is 3.05. The van der Waals surface area contributed by atoms with E-state index in [1.165, 1.54) is 18.2 Å². The largest absolute Gasteiger partial charge is 0.478 e. The molecule has 0 fully saturated rings. The van der Waals surface area contributed by atoms with Crippen molar-refractivity contribution in [3.05, 3.63) is 28.8 Å². The van der Waals surface area contributed by atoms with Gasteiger partial charge >= 0.3 is 5.97 Å². The van der Waals surface area contributed by atoms with E-state index in [0.29, 0.717) is 23.9 Å². The molecule has 0 radical (unpaired) electrons. The Hall–Kier alpha value is -1.63. The number of unbranched alkanes of at least 4 members (excludes halogenated alkanes) is 1. The van der Waals surface area contributed by atoms with Crippen LogP contribution in [0.3, 0.4) is 0 Å². The maximum atomic E-state index is 11.7. The van der Waals surface area contributed by atoms with Gasteiger partial charge in [0.25, 0.3) is 0 Å². The second kappa shape index (κ2) is 9.33. The molecule has 116 valence electrons. The summed E-state index contributed by atoms with van der Waals surface area (Å²) in [6, 6.07) is 4.16. The molecule has 0 saturated carbocycles. The van der Waals surface area contributed by atoms with Crippen molar-refractivity contribution < 1.29 is 19.4 Å². The predicted octanol–water partition coefficient (Wildman–Crippen LogP) is 1.99. The molecular weight excluding hydrogens is 296 g/mol. The van der Waals surface area contributed by atoms with E-state index in [-0.39, 0.29) is 18.0 Å². The Kier molecular flexibility index (Phi) is 7.74. The van der Waals surface area contributed by atoms with Crippen molar-refractivity contribution in [2.24, 2.45) is 0 Å². The smallest absolute Gasteiger partial charge is 0.335 e. The SMILES string of the molecule is COCCCCNCC(=O)Nc1cc(C(=O)O)ccc1Cl. The van der Waals surface area contributed by atoms with Crippen LogP contribution in [0.25, 0.3) is 0 Å². The van der Waals surface area contributed by atoms with Gasteiger partial charge in [0.05, 0.1) is 22.8 Å². The highest BCUT2D eigenvalue weighted by atomic mass is 35.5. The highest BCUT2D eigenvalue weighted by molar-refractivity contribution is 6.33. The maximum Gasteiger partial charge on any atom is 0.335 e. The van der Waals surface area contributed by atoms with E-state index < -0.39 is 5.97 Å². The second-order valence-corrected chi connectivity index (χ2v) is 4.83. The number of aromatic carboxylic acids is 1. The van der Waals surface area contributed by atoms with Crippen molar-refractivity contribution in [3.63, 3.8) is 0 Å². The molecular formula is C14H19ClN2O4. The summed E-state index contributed by atoms with van der Waals surface area (Å²) >= 11 is 5.92. The Balaban J connectivity index is 2.40. The van der Waals surface area contributed by atoms with Gasteiger partial charge in [-0.1, -0.05) is 11.6 Å². The number of methoxy groups -OCH3 is 1. The molecule has 0 aliphatic rings. The normalized spacial score (nSPS) is 10.4. The van der Waals surface area contributed by atoms with Crippen LogP contribution in [-0.2, 0) is 9.53 Å². The standard InChI is InChI=1S/C14H19ClN2O4/c1-21-7-3-2-6-16-9-13(18)17-12-8-10(14(19)20)4-5-11(12)15/h4-5,8,16H,2-3,6-7,9H2,1H3,(H,17,18)(H,19,20). The number of carbonyl (C=O) groups excluding carboxylic acids is 1. The van der Waals surface area contributed by atoms with Crippen molar-refractivity contribution in [3.8, 4) is 0 Å². The third-order valence-electron chi connectivity index (χ3n) is 2.72. The monoisotopic (exact) mass is 314 g/mol. The van der Waals surface area contributed by atoms with Crippen LogP contribution in [0.1, 0.15) is 23.2 Å². The van der Waals surface area contributed by atoms with Crippen LogP contribution in [0.15, 0.2) is 18.2 Å². The van der Waals surface area contributed by atoms with Crippen LogP contribution < -0.4 is 10.6 Å². The molecule has 0 saturated heterocycles. The highest BCUT2D eigenvalue weighted by Crippen LogP contribution is 2.22. The lowest BCUT2D eigenvalue weighted by Gasteiger charge is -2.09. The number of amides is 1. The number of carbonyl (C=O) groups is 2. The van der Waals surface area contributed by atoms with Crippen LogP contribution >= 0.6 is 11.6 Å². The molecule has 7 heteroatoms.